The number of piperidine rings is 1. The molecular formula is C15H22N2O5S. The predicted octanol–water partition coefficient (Wildman–Crippen LogP) is 0.758. The first-order valence-corrected chi connectivity index (χ1v) is 8.86. The zero-order chi connectivity index (χ0) is 17.0. The number of rotatable bonds is 5. The Labute approximate surface area is 136 Å². The third-order valence-corrected chi connectivity index (χ3v) is 5.54. The lowest BCUT2D eigenvalue weighted by atomic mass is 9.96. The fraction of sp³-hybridized carbons (Fsp3) is 0.533. The molecule has 1 aliphatic heterocycles. The van der Waals surface area contributed by atoms with E-state index in [1.165, 1.54) is 32.4 Å². The van der Waals surface area contributed by atoms with E-state index in [0.29, 0.717) is 6.54 Å². The van der Waals surface area contributed by atoms with Crippen LogP contribution in [0.15, 0.2) is 23.1 Å². The van der Waals surface area contributed by atoms with Gasteiger partial charge in [-0.1, -0.05) is 6.92 Å². The van der Waals surface area contributed by atoms with E-state index in [1.807, 2.05) is 6.92 Å². The third-order valence-electron chi connectivity index (χ3n) is 4.01. The van der Waals surface area contributed by atoms with Crippen molar-refractivity contribution in [1.82, 2.24) is 10.0 Å². The van der Waals surface area contributed by atoms with Crippen molar-refractivity contribution in [2.24, 2.45) is 5.92 Å². The molecule has 1 aromatic carbocycles. The van der Waals surface area contributed by atoms with E-state index in [4.69, 9.17) is 4.74 Å². The molecule has 8 heteroatoms. The number of benzene rings is 1. The second-order valence-corrected chi connectivity index (χ2v) is 7.24. The van der Waals surface area contributed by atoms with E-state index in [-0.39, 0.29) is 28.2 Å². The van der Waals surface area contributed by atoms with Gasteiger partial charge >= 0.3 is 5.97 Å². The number of carbonyl (C=O) groups excluding carboxylic acids is 1. The highest BCUT2D eigenvalue weighted by molar-refractivity contribution is 7.89. The van der Waals surface area contributed by atoms with Gasteiger partial charge in [0.05, 0.1) is 19.8 Å². The molecule has 23 heavy (non-hydrogen) atoms. The van der Waals surface area contributed by atoms with Crippen LogP contribution < -0.4 is 14.8 Å². The lowest BCUT2D eigenvalue weighted by Gasteiger charge is -2.30. The van der Waals surface area contributed by atoms with E-state index in [1.54, 1.807) is 0 Å². The number of carbonyl (C=O) groups is 1. The summed E-state index contributed by atoms with van der Waals surface area (Å²) < 4.78 is 37.8. The van der Waals surface area contributed by atoms with Gasteiger partial charge in [0, 0.05) is 12.6 Å². The van der Waals surface area contributed by atoms with Gasteiger partial charge in [0.15, 0.2) is 0 Å². The number of nitrogens with one attached hydrogen (secondary N) is 2. The Kier molecular flexibility index (Phi) is 5.61. The molecule has 1 heterocycles. The average molecular weight is 342 g/mol. The molecule has 0 bridgehead atoms. The largest absolute Gasteiger partial charge is 0.495 e. The third kappa shape index (κ3) is 4.01. The summed E-state index contributed by atoms with van der Waals surface area (Å²) in [5, 5.41) is 3.18. The van der Waals surface area contributed by atoms with Crippen molar-refractivity contribution < 1.29 is 22.7 Å². The van der Waals surface area contributed by atoms with Crippen molar-refractivity contribution >= 4 is 16.0 Å². The average Bonchev–Trinajstić information content (AvgIpc) is 2.55. The van der Waals surface area contributed by atoms with Gasteiger partial charge in [-0.3, -0.25) is 0 Å². The predicted molar refractivity (Wildman–Crippen MR) is 85.1 cm³/mol. The Morgan fingerprint density at radius 3 is 2.70 bits per heavy atom. The fourth-order valence-electron chi connectivity index (χ4n) is 2.54. The SMILES string of the molecule is COC(=O)c1ccc(S(=O)(=O)NC2CNCCC2C)c(OC)c1. The maximum Gasteiger partial charge on any atom is 0.337 e. The molecule has 1 aliphatic rings. The van der Waals surface area contributed by atoms with Crippen LogP contribution >= 0.6 is 0 Å². The molecule has 0 amide bonds. The molecule has 0 aromatic heterocycles. The minimum absolute atomic E-state index is 0.00502. The van der Waals surface area contributed by atoms with Crippen molar-refractivity contribution in [3.63, 3.8) is 0 Å². The van der Waals surface area contributed by atoms with Gasteiger partial charge in [-0.15, -0.1) is 0 Å². The molecule has 1 aromatic rings. The van der Waals surface area contributed by atoms with Crippen LogP contribution in [0.2, 0.25) is 0 Å². The van der Waals surface area contributed by atoms with Crippen LogP contribution in [0.25, 0.3) is 0 Å². The zero-order valence-electron chi connectivity index (χ0n) is 13.5. The second kappa shape index (κ2) is 7.29. The van der Waals surface area contributed by atoms with Crippen molar-refractivity contribution in [1.29, 1.82) is 0 Å². The maximum absolute atomic E-state index is 12.6. The molecule has 0 radical (unpaired) electrons. The van der Waals surface area contributed by atoms with E-state index >= 15 is 0 Å². The number of ether oxygens (including phenoxy) is 2. The molecule has 1 saturated heterocycles. The highest BCUT2D eigenvalue weighted by atomic mass is 32.2. The Hall–Kier alpha value is -1.64. The van der Waals surface area contributed by atoms with Crippen molar-refractivity contribution in [3.05, 3.63) is 23.8 Å². The standard InChI is InChI=1S/C15H22N2O5S/c1-10-6-7-16-9-12(10)17-23(19,20)14-5-4-11(15(18)22-3)8-13(14)21-2/h4-5,8,10,12,16-17H,6-7,9H2,1-3H3. The summed E-state index contributed by atoms with van der Waals surface area (Å²) in [5.74, 6) is -0.200. The smallest absolute Gasteiger partial charge is 0.337 e. The van der Waals surface area contributed by atoms with E-state index < -0.39 is 16.0 Å². The van der Waals surface area contributed by atoms with Crippen LogP contribution in [0.3, 0.4) is 0 Å². The van der Waals surface area contributed by atoms with Crippen molar-refractivity contribution in [2.75, 3.05) is 27.3 Å². The van der Waals surface area contributed by atoms with Gasteiger partial charge < -0.3 is 14.8 Å². The number of esters is 1. The summed E-state index contributed by atoms with van der Waals surface area (Å²) in [4.78, 5) is 11.6. The van der Waals surface area contributed by atoms with E-state index in [2.05, 4.69) is 14.8 Å². The van der Waals surface area contributed by atoms with Gasteiger partial charge in [0.25, 0.3) is 0 Å². The van der Waals surface area contributed by atoms with Crippen LogP contribution in [0.5, 0.6) is 5.75 Å². The zero-order valence-corrected chi connectivity index (χ0v) is 14.3. The summed E-state index contributed by atoms with van der Waals surface area (Å²) in [6.45, 7) is 3.49. The van der Waals surface area contributed by atoms with Crippen LogP contribution in [-0.2, 0) is 14.8 Å². The highest BCUT2D eigenvalue weighted by Crippen LogP contribution is 2.26. The van der Waals surface area contributed by atoms with Crippen LogP contribution in [0.4, 0.5) is 0 Å². The first-order chi connectivity index (χ1) is 10.9. The summed E-state index contributed by atoms with van der Waals surface area (Å²) in [6, 6.07) is 3.95. The summed E-state index contributed by atoms with van der Waals surface area (Å²) in [7, 11) is -1.13. The summed E-state index contributed by atoms with van der Waals surface area (Å²) >= 11 is 0. The lowest BCUT2D eigenvalue weighted by Crippen LogP contribution is -2.50. The Morgan fingerprint density at radius 2 is 2.09 bits per heavy atom. The quantitative estimate of drug-likeness (QED) is 0.767. The molecule has 128 valence electrons. The van der Waals surface area contributed by atoms with E-state index in [0.717, 1.165) is 13.0 Å². The first-order valence-electron chi connectivity index (χ1n) is 7.38. The molecule has 2 rings (SSSR count). The topological polar surface area (TPSA) is 93.7 Å². The van der Waals surface area contributed by atoms with Crippen molar-refractivity contribution in [3.8, 4) is 5.75 Å². The van der Waals surface area contributed by atoms with Crippen LogP contribution in [-0.4, -0.2) is 47.7 Å². The Balaban J connectivity index is 2.29. The van der Waals surface area contributed by atoms with Gasteiger partial charge in [-0.2, -0.15) is 0 Å². The molecule has 0 saturated carbocycles. The monoisotopic (exact) mass is 342 g/mol. The number of sulfonamides is 1. The number of methoxy groups -OCH3 is 2. The highest BCUT2D eigenvalue weighted by Gasteiger charge is 2.28. The second-order valence-electron chi connectivity index (χ2n) is 5.56. The van der Waals surface area contributed by atoms with Crippen LogP contribution in [0, 0.1) is 5.92 Å². The maximum atomic E-state index is 12.6. The molecule has 7 nitrogen and oxygen atoms in total. The van der Waals surface area contributed by atoms with Crippen molar-refractivity contribution in [2.45, 2.75) is 24.3 Å². The number of hydrogen-bond acceptors (Lipinski definition) is 6. The van der Waals surface area contributed by atoms with E-state index in [9.17, 15) is 13.2 Å². The molecule has 0 spiro atoms. The lowest BCUT2D eigenvalue weighted by molar-refractivity contribution is 0.0600. The van der Waals surface area contributed by atoms with Gasteiger partial charge in [-0.05, 0) is 37.1 Å². The molecule has 0 aliphatic carbocycles. The van der Waals surface area contributed by atoms with Gasteiger partial charge in [-0.25, -0.2) is 17.9 Å². The Morgan fingerprint density at radius 1 is 1.35 bits per heavy atom. The normalized spacial score (nSPS) is 21.7. The molecule has 2 N–H and O–H groups in total. The molecular weight excluding hydrogens is 320 g/mol. The molecule has 2 unspecified atom stereocenters. The fourth-order valence-corrected chi connectivity index (χ4v) is 4.04. The van der Waals surface area contributed by atoms with Gasteiger partial charge in [0.1, 0.15) is 10.6 Å². The van der Waals surface area contributed by atoms with Crippen LogP contribution in [0.1, 0.15) is 23.7 Å². The molecule has 1 fully saturated rings. The van der Waals surface area contributed by atoms with Gasteiger partial charge in [0.2, 0.25) is 10.0 Å². The summed E-state index contributed by atoms with van der Waals surface area (Å²) in [6.07, 6.45) is 0.908. The minimum Gasteiger partial charge on any atom is -0.495 e. The Bertz CT molecular complexity index is 674. The first kappa shape index (κ1) is 17.7. The molecule has 2 atom stereocenters. The summed E-state index contributed by atoms with van der Waals surface area (Å²) in [5.41, 5.74) is 0.232. The minimum atomic E-state index is -3.75. The number of hydrogen-bond donors (Lipinski definition) is 2.